The normalized spacial score (nSPS) is 18.1. The molecule has 0 N–H and O–H groups in total. The molecule has 2 unspecified atom stereocenters. The van der Waals surface area contributed by atoms with Crippen LogP contribution in [0.25, 0.3) is 55.3 Å². The molecule has 7 aromatic carbocycles. The highest BCUT2D eigenvalue weighted by molar-refractivity contribution is 6.11. The van der Waals surface area contributed by atoms with Crippen molar-refractivity contribution in [1.29, 1.82) is 0 Å². The number of fused-ring (bicyclic) bond motifs is 5. The third-order valence-corrected chi connectivity index (χ3v) is 11.3. The second-order valence-electron chi connectivity index (χ2n) is 13.5. The SMILES string of the molecule is c1ccc(-c2nc3ccccc3nc2C2CCc3ccc4cccc5c4c3-c3c2ccc2c3C5(c3ccccc3)c3ccccc3-2)cc1. The maximum atomic E-state index is 5.50. The zero-order valence-electron chi connectivity index (χ0n) is 26.3. The molecule has 8 aromatic rings. The van der Waals surface area contributed by atoms with Crippen LogP contribution in [-0.2, 0) is 11.8 Å². The molecule has 2 atom stereocenters. The molecule has 1 heterocycles. The Hall–Kier alpha value is -5.86. The van der Waals surface area contributed by atoms with Crippen LogP contribution in [0.1, 0.15) is 51.4 Å². The van der Waals surface area contributed by atoms with Gasteiger partial charge in [-0.25, -0.2) is 9.97 Å². The van der Waals surface area contributed by atoms with Crippen molar-refractivity contribution in [2.24, 2.45) is 0 Å². The summed E-state index contributed by atoms with van der Waals surface area (Å²) in [5.74, 6) is 0.0718. The van der Waals surface area contributed by atoms with E-state index in [1.807, 2.05) is 0 Å². The third-order valence-electron chi connectivity index (χ3n) is 11.3. The molecule has 11 rings (SSSR count). The summed E-state index contributed by atoms with van der Waals surface area (Å²) in [5, 5.41) is 2.71. The van der Waals surface area contributed by atoms with Gasteiger partial charge in [-0.15, -0.1) is 0 Å². The highest BCUT2D eigenvalue weighted by Crippen LogP contribution is 2.65. The molecule has 3 aliphatic rings. The number of aromatic nitrogens is 2. The summed E-state index contributed by atoms with van der Waals surface area (Å²) in [6, 6.07) is 55.9. The first-order chi connectivity index (χ1) is 23.8. The van der Waals surface area contributed by atoms with Crippen molar-refractivity contribution < 1.29 is 0 Å². The van der Waals surface area contributed by atoms with Crippen molar-refractivity contribution in [1.82, 2.24) is 9.97 Å². The first kappa shape index (κ1) is 26.2. The molecule has 0 saturated carbocycles. The molecular formula is C46H30N2. The molecule has 0 bridgehead atoms. The predicted octanol–water partition coefficient (Wildman–Crippen LogP) is 10.9. The van der Waals surface area contributed by atoms with Crippen LogP contribution in [0.2, 0.25) is 0 Å². The first-order valence-electron chi connectivity index (χ1n) is 17.0. The summed E-state index contributed by atoms with van der Waals surface area (Å²) in [7, 11) is 0. The molecule has 1 aromatic heterocycles. The molecule has 3 aliphatic carbocycles. The smallest absolute Gasteiger partial charge is 0.0931 e. The monoisotopic (exact) mass is 610 g/mol. The van der Waals surface area contributed by atoms with Gasteiger partial charge < -0.3 is 0 Å². The number of hydrogen-bond acceptors (Lipinski definition) is 2. The molecule has 224 valence electrons. The van der Waals surface area contributed by atoms with E-state index in [1.54, 1.807) is 0 Å². The van der Waals surface area contributed by atoms with Crippen molar-refractivity contribution in [2.45, 2.75) is 24.2 Å². The first-order valence-corrected chi connectivity index (χ1v) is 17.0. The lowest BCUT2D eigenvalue weighted by atomic mass is 9.60. The largest absolute Gasteiger partial charge is 0.248 e. The number of aryl methyl sites for hydroxylation is 1. The van der Waals surface area contributed by atoms with Crippen LogP contribution in [0.4, 0.5) is 0 Å². The fourth-order valence-corrected chi connectivity index (χ4v) is 9.43. The predicted molar refractivity (Wildman–Crippen MR) is 195 cm³/mol. The molecule has 0 saturated heterocycles. The summed E-state index contributed by atoms with van der Waals surface area (Å²) in [4.78, 5) is 10.8. The molecule has 0 fully saturated rings. The minimum atomic E-state index is -0.421. The van der Waals surface area contributed by atoms with Gasteiger partial charge in [0.2, 0.25) is 0 Å². The summed E-state index contributed by atoms with van der Waals surface area (Å²) in [6.45, 7) is 0. The number of hydrogen-bond donors (Lipinski definition) is 0. The van der Waals surface area contributed by atoms with E-state index < -0.39 is 5.41 Å². The van der Waals surface area contributed by atoms with Crippen LogP contribution < -0.4 is 0 Å². The fraction of sp³-hybridized carbons (Fsp3) is 0.0870. The average Bonchev–Trinajstić information content (AvgIpc) is 3.35. The van der Waals surface area contributed by atoms with E-state index in [0.29, 0.717) is 0 Å². The van der Waals surface area contributed by atoms with Gasteiger partial charge in [0.25, 0.3) is 0 Å². The van der Waals surface area contributed by atoms with Gasteiger partial charge in [0.1, 0.15) is 0 Å². The lowest BCUT2D eigenvalue weighted by molar-refractivity contribution is 0.705. The van der Waals surface area contributed by atoms with Gasteiger partial charge in [0.05, 0.1) is 27.8 Å². The van der Waals surface area contributed by atoms with Crippen molar-refractivity contribution in [3.63, 3.8) is 0 Å². The van der Waals surface area contributed by atoms with Gasteiger partial charge in [0.15, 0.2) is 0 Å². The van der Waals surface area contributed by atoms with Crippen LogP contribution in [0.15, 0.2) is 152 Å². The van der Waals surface area contributed by atoms with Crippen molar-refractivity contribution in [3.8, 4) is 33.5 Å². The lowest BCUT2D eigenvalue weighted by Gasteiger charge is -2.41. The lowest BCUT2D eigenvalue weighted by Crippen LogP contribution is -2.32. The van der Waals surface area contributed by atoms with Gasteiger partial charge in [-0.2, -0.15) is 0 Å². The Morgan fingerprint density at radius 2 is 1.27 bits per heavy atom. The molecule has 2 heteroatoms. The van der Waals surface area contributed by atoms with E-state index in [0.717, 1.165) is 40.8 Å². The molecule has 0 radical (unpaired) electrons. The minimum absolute atomic E-state index is 0.0718. The fourth-order valence-electron chi connectivity index (χ4n) is 9.43. The topological polar surface area (TPSA) is 25.8 Å². The Bertz CT molecular complexity index is 2620. The average molecular weight is 611 g/mol. The maximum absolute atomic E-state index is 5.50. The number of para-hydroxylation sites is 2. The Labute approximate surface area is 279 Å². The van der Waals surface area contributed by atoms with Gasteiger partial charge in [-0.1, -0.05) is 140 Å². The molecule has 2 nitrogen and oxygen atoms in total. The molecular weight excluding hydrogens is 581 g/mol. The summed E-state index contributed by atoms with van der Waals surface area (Å²) in [5.41, 5.74) is 18.5. The van der Waals surface area contributed by atoms with E-state index >= 15 is 0 Å². The van der Waals surface area contributed by atoms with Crippen LogP contribution >= 0.6 is 0 Å². The van der Waals surface area contributed by atoms with Crippen LogP contribution in [-0.4, -0.2) is 9.97 Å². The minimum Gasteiger partial charge on any atom is -0.248 e. The second kappa shape index (κ2) is 9.59. The third kappa shape index (κ3) is 3.27. The molecule has 48 heavy (non-hydrogen) atoms. The van der Waals surface area contributed by atoms with Gasteiger partial charge in [0, 0.05) is 11.5 Å². The highest BCUT2D eigenvalue weighted by Gasteiger charge is 2.52. The molecule has 0 spiro atoms. The van der Waals surface area contributed by atoms with Crippen molar-refractivity contribution in [2.75, 3.05) is 0 Å². The van der Waals surface area contributed by atoms with E-state index in [9.17, 15) is 0 Å². The Balaban J connectivity index is 1.31. The Kier molecular flexibility index (Phi) is 5.24. The number of benzene rings is 7. The van der Waals surface area contributed by atoms with Crippen LogP contribution in [0.3, 0.4) is 0 Å². The zero-order chi connectivity index (χ0) is 31.4. The zero-order valence-corrected chi connectivity index (χ0v) is 26.3. The van der Waals surface area contributed by atoms with Gasteiger partial charge in [-0.05, 0) is 91.4 Å². The van der Waals surface area contributed by atoms with E-state index in [-0.39, 0.29) is 5.92 Å². The highest BCUT2D eigenvalue weighted by atomic mass is 14.8. The van der Waals surface area contributed by atoms with E-state index in [1.165, 1.54) is 66.4 Å². The van der Waals surface area contributed by atoms with Crippen LogP contribution in [0.5, 0.6) is 0 Å². The Morgan fingerprint density at radius 1 is 0.542 bits per heavy atom. The molecule has 0 amide bonds. The Morgan fingerprint density at radius 3 is 2.12 bits per heavy atom. The number of rotatable bonds is 3. The molecule has 0 aliphatic heterocycles. The van der Waals surface area contributed by atoms with E-state index in [4.69, 9.17) is 9.97 Å². The van der Waals surface area contributed by atoms with Crippen molar-refractivity contribution in [3.05, 3.63) is 191 Å². The quantitative estimate of drug-likeness (QED) is 0.199. The standard InChI is InChI=1S/C46H30N2/c1-3-12-30(13-4-1)44-45(48-39-21-10-9-20-38(39)47-44)35-25-24-29-23-22-28-14-11-19-37-40(28)41(29)42-33(35)26-27-34-32-17-7-8-18-36(32)46(37,43(34)42)31-15-5-2-6-16-31/h1-23,26-27,35H,24-25H2. The summed E-state index contributed by atoms with van der Waals surface area (Å²) < 4.78 is 0. The van der Waals surface area contributed by atoms with Gasteiger partial charge >= 0.3 is 0 Å². The summed E-state index contributed by atoms with van der Waals surface area (Å²) in [6.07, 6.45) is 1.94. The maximum Gasteiger partial charge on any atom is 0.0931 e. The second-order valence-corrected chi connectivity index (χ2v) is 13.5. The van der Waals surface area contributed by atoms with Crippen LogP contribution in [0, 0.1) is 0 Å². The summed E-state index contributed by atoms with van der Waals surface area (Å²) >= 11 is 0. The van der Waals surface area contributed by atoms with Gasteiger partial charge in [-0.3, -0.25) is 0 Å². The van der Waals surface area contributed by atoms with E-state index in [2.05, 4.69) is 152 Å². The van der Waals surface area contributed by atoms with Crippen molar-refractivity contribution >= 4 is 21.8 Å². The number of nitrogens with zero attached hydrogens (tertiary/aromatic N) is 2.